The number of nitrogens with one attached hydrogen (secondary N) is 2. The zero-order chi connectivity index (χ0) is 15.9. The van der Waals surface area contributed by atoms with Gasteiger partial charge in [0.25, 0.3) is 11.3 Å². The van der Waals surface area contributed by atoms with Crippen LogP contribution >= 0.6 is 11.6 Å². The van der Waals surface area contributed by atoms with Gasteiger partial charge in [0.15, 0.2) is 0 Å². The maximum Gasteiger partial charge on any atom is 0.343 e. The molecule has 0 aliphatic heterocycles. The molecule has 2 aromatic heterocycles. The number of aromatic carboxylic acids is 1. The Balaban J connectivity index is 2.02. The Morgan fingerprint density at radius 1 is 1.45 bits per heavy atom. The van der Waals surface area contributed by atoms with Crippen molar-refractivity contribution >= 4 is 35.0 Å². The van der Waals surface area contributed by atoms with Crippen molar-refractivity contribution in [1.82, 2.24) is 19.6 Å². The molecule has 112 valence electrons. The number of H-pyrrole nitrogens is 1. The number of anilines is 2. The fourth-order valence-electron chi connectivity index (χ4n) is 1.87. The molecule has 0 atom stereocenters. The summed E-state index contributed by atoms with van der Waals surface area (Å²) in [5.41, 5.74) is 0.424. The Hall–Kier alpha value is -2.87. The maximum absolute atomic E-state index is 12.0. The van der Waals surface area contributed by atoms with Crippen molar-refractivity contribution in [2.45, 2.75) is 6.92 Å². The quantitative estimate of drug-likeness (QED) is 0.679. The van der Waals surface area contributed by atoms with Gasteiger partial charge in [-0.1, -0.05) is 17.7 Å². The summed E-state index contributed by atoms with van der Waals surface area (Å²) in [6.45, 7) is 1.88. The van der Waals surface area contributed by atoms with Crippen molar-refractivity contribution in [1.29, 1.82) is 0 Å². The topological polar surface area (TPSA) is 112 Å². The molecule has 1 aromatic carbocycles. The minimum atomic E-state index is -1.35. The third kappa shape index (κ3) is 2.40. The molecule has 0 aliphatic rings. The summed E-state index contributed by atoms with van der Waals surface area (Å²) in [4.78, 5) is 30.8. The first kappa shape index (κ1) is 14.1. The van der Waals surface area contributed by atoms with Gasteiger partial charge in [0.1, 0.15) is 5.56 Å². The second kappa shape index (κ2) is 5.15. The first-order chi connectivity index (χ1) is 10.5. The van der Waals surface area contributed by atoms with Crippen molar-refractivity contribution in [3.05, 3.63) is 50.9 Å². The summed E-state index contributed by atoms with van der Waals surface area (Å²) in [7, 11) is 0. The number of aromatic nitrogens is 4. The van der Waals surface area contributed by atoms with Gasteiger partial charge in [-0.05, 0) is 24.6 Å². The zero-order valence-corrected chi connectivity index (χ0v) is 12.0. The largest absolute Gasteiger partial charge is 0.477 e. The highest BCUT2D eigenvalue weighted by Gasteiger charge is 2.14. The Morgan fingerprint density at radius 2 is 2.23 bits per heavy atom. The summed E-state index contributed by atoms with van der Waals surface area (Å²) in [5, 5.41) is 15.1. The molecule has 9 heteroatoms. The van der Waals surface area contributed by atoms with Crippen LogP contribution in [0, 0.1) is 6.92 Å². The number of fused-ring (bicyclic) bond motifs is 1. The van der Waals surface area contributed by atoms with E-state index in [1.165, 1.54) is 0 Å². The van der Waals surface area contributed by atoms with Gasteiger partial charge in [0.2, 0.25) is 5.95 Å². The minimum Gasteiger partial charge on any atom is -0.477 e. The molecule has 0 unspecified atom stereocenters. The Kier molecular flexibility index (Phi) is 3.30. The van der Waals surface area contributed by atoms with E-state index >= 15 is 0 Å². The van der Waals surface area contributed by atoms with Crippen LogP contribution in [-0.4, -0.2) is 30.7 Å². The summed E-state index contributed by atoms with van der Waals surface area (Å²) < 4.78 is 0.960. The number of carboxylic acid groups (broad SMARTS) is 1. The number of hydrogen-bond acceptors (Lipinski definition) is 5. The molecule has 22 heavy (non-hydrogen) atoms. The highest BCUT2D eigenvalue weighted by Crippen LogP contribution is 2.21. The molecule has 0 spiro atoms. The lowest BCUT2D eigenvalue weighted by atomic mass is 10.2. The summed E-state index contributed by atoms with van der Waals surface area (Å²) in [6.07, 6.45) is 0.980. The second-order valence-electron chi connectivity index (χ2n) is 4.58. The molecule has 0 fully saturated rings. The van der Waals surface area contributed by atoms with Crippen LogP contribution in [0.5, 0.6) is 0 Å². The van der Waals surface area contributed by atoms with E-state index in [4.69, 9.17) is 16.7 Å². The average Bonchev–Trinajstić information content (AvgIpc) is 2.86. The normalized spacial score (nSPS) is 10.8. The van der Waals surface area contributed by atoms with Crippen molar-refractivity contribution in [3.8, 4) is 0 Å². The molecule has 3 aromatic rings. The van der Waals surface area contributed by atoms with Crippen LogP contribution in [0.2, 0.25) is 5.02 Å². The molecule has 0 saturated heterocycles. The minimum absolute atomic E-state index is 0.0655. The van der Waals surface area contributed by atoms with Crippen LogP contribution in [0.3, 0.4) is 0 Å². The van der Waals surface area contributed by atoms with E-state index in [9.17, 15) is 9.59 Å². The van der Waals surface area contributed by atoms with E-state index in [0.29, 0.717) is 10.7 Å². The highest BCUT2D eigenvalue weighted by molar-refractivity contribution is 6.31. The SMILES string of the molecule is Cc1ccc(Nc2nc3ncc(C(=O)O)c(=O)n3[nH]2)cc1Cl. The Morgan fingerprint density at radius 3 is 2.91 bits per heavy atom. The number of halogens is 1. The van der Waals surface area contributed by atoms with Crippen LogP contribution in [0.15, 0.2) is 29.2 Å². The van der Waals surface area contributed by atoms with E-state index in [2.05, 4.69) is 20.4 Å². The number of carboxylic acids is 1. The number of rotatable bonds is 3. The predicted octanol–water partition coefficient (Wildman–Crippen LogP) is 1.82. The van der Waals surface area contributed by atoms with Gasteiger partial charge in [-0.25, -0.2) is 9.78 Å². The third-order valence-electron chi connectivity index (χ3n) is 3.04. The van der Waals surface area contributed by atoms with E-state index < -0.39 is 17.1 Å². The van der Waals surface area contributed by atoms with Crippen LogP contribution in [0.25, 0.3) is 5.78 Å². The van der Waals surface area contributed by atoms with Crippen LogP contribution in [0.1, 0.15) is 15.9 Å². The first-order valence-corrected chi connectivity index (χ1v) is 6.58. The molecular weight excluding hydrogens is 310 g/mol. The average molecular weight is 320 g/mol. The van der Waals surface area contributed by atoms with Gasteiger partial charge in [0, 0.05) is 10.7 Å². The number of carbonyl (C=O) groups is 1. The molecule has 0 saturated carbocycles. The molecule has 0 radical (unpaired) electrons. The van der Waals surface area contributed by atoms with Gasteiger partial charge >= 0.3 is 5.97 Å². The third-order valence-corrected chi connectivity index (χ3v) is 3.44. The summed E-state index contributed by atoms with van der Waals surface area (Å²) in [6, 6.07) is 5.34. The van der Waals surface area contributed by atoms with Gasteiger partial charge < -0.3 is 10.4 Å². The zero-order valence-electron chi connectivity index (χ0n) is 11.3. The lowest BCUT2D eigenvalue weighted by molar-refractivity contribution is 0.0694. The number of aryl methyl sites for hydroxylation is 1. The molecule has 3 N–H and O–H groups in total. The fraction of sp³-hybridized carbons (Fsp3) is 0.0769. The molecule has 2 heterocycles. The molecule has 3 rings (SSSR count). The standard InChI is InChI=1S/C13H10ClN5O3/c1-6-2-3-7(4-9(6)14)16-12-17-13-15-5-8(11(21)22)10(20)19(13)18-12/h2-5H,1H3,(H,21,22)(H2,15,16,17,18). The van der Waals surface area contributed by atoms with E-state index in [1.807, 2.05) is 13.0 Å². The number of hydrogen-bond donors (Lipinski definition) is 3. The lowest BCUT2D eigenvalue weighted by Gasteiger charge is -2.04. The van der Waals surface area contributed by atoms with Gasteiger partial charge in [0.05, 0.1) is 6.20 Å². The molecule has 0 amide bonds. The maximum atomic E-state index is 12.0. The monoisotopic (exact) mass is 319 g/mol. The number of benzene rings is 1. The smallest absolute Gasteiger partial charge is 0.343 e. The lowest BCUT2D eigenvalue weighted by Crippen LogP contribution is -2.23. The summed E-state index contributed by atoms with van der Waals surface area (Å²) in [5.74, 6) is -1.04. The molecule has 0 aliphatic carbocycles. The van der Waals surface area contributed by atoms with Gasteiger partial charge in [-0.15, -0.1) is 0 Å². The second-order valence-corrected chi connectivity index (χ2v) is 4.99. The van der Waals surface area contributed by atoms with E-state index in [0.717, 1.165) is 16.3 Å². The number of aromatic amines is 1. The van der Waals surface area contributed by atoms with Crippen molar-refractivity contribution in [2.75, 3.05) is 5.32 Å². The van der Waals surface area contributed by atoms with Crippen LogP contribution in [0.4, 0.5) is 11.6 Å². The van der Waals surface area contributed by atoms with E-state index in [-0.39, 0.29) is 11.7 Å². The van der Waals surface area contributed by atoms with Crippen molar-refractivity contribution in [3.63, 3.8) is 0 Å². The van der Waals surface area contributed by atoms with Crippen LogP contribution in [-0.2, 0) is 0 Å². The molecular formula is C13H10ClN5O3. The number of nitrogens with zero attached hydrogens (tertiary/aromatic N) is 3. The molecule has 0 bridgehead atoms. The molecule has 8 nitrogen and oxygen atoms in total. The summed E-state index contributed by atoms with van der Waals surface area (Å²) >= 11 is 6.04. The predicted molar refractivity (Wildman–Crippen MR) is 80.0 cm³/mol. The van der Waals surface area contributed by atoms with Crippen LogP contribution < -0.4 is 10.9 Å². The Labute approximate surface area is 128 Å². The highest BCUT2D eigenvalue weighted by atomic mass is 35.5. The first-order valence-electron chi connectivity index (χ1n) is 6.20. The van der Waals surface area contributed by atoms with Crippen molar-refractivity contribution in [2.24, 2.45) is 0 Å². The van der Waals surface area contributed by atoms with Crippen molar-refractivity contribution < 1.29 is 9.90 Å². The Bertz CT molecular complexity index is 946. The van der Waals surface area contributed by atoms with E-state index in [1.54, 1.807) is 12.1 Å². The fourth-order valence-corrected chi connectivity index (χ4v) is 2.05. The van der Waals surface area contributed by atoms with Gasteiger partial charge in [-0.3, -0.25) is 9.89 Å². The van der Waals surface area contributed by atoms with Gasteiger partial charge in [-0.2, -0.15) is 9.50 Å².